The first-order chi connectivity index (χ1) is 7.50. The SMILES string of the molecule is Cc1ccc2c(C)c(C(N)C(=O)O)oc2c1. The zero-order valence-corrected chi connectivity index (χ0v) is 9.15. The van der Waals surface area contributed by atoms with Crippen LogP contribution in [0.4, 0.5) is 0 Å². The van der Waals surface area contributed by atoms with Gasteiger partial charge in [-0.2, -0.15) is 0 Å². The first kappa shape index (κ1) is 10.7. The highest BCUT2D eigenvalue weighted by Crippen LogP contribution is 2.29. The number of aliphatic carboxylic acids is 1. The first-order valence-corrected chi connectivity index (χ1v) is 4.98. The number of hydrogen-bond acceptors (Lipinski definition) is 3. The molecule has 1 atom stereocenters. The van der Waals surface area contributed by atoms with Gasteiger partial charge in [0.15, 0.2) is 6.04 Å². The molecule has 1 aromatic carbocycles. The number of benzene rings is 1. The van der Waals surface area contributed by atoms with Gasteiger partial charge >= 0.3 is 5.97 Å². The number of carbonyl (C=O) groups is 1. The first-order valence-electron chi connectivity index (χ1n) is 4.98. The van der Waals surface area contributed by atoms with Crippen LogP contribution >= 0.6 is 0 Å². The number of aryl methyl sites for hydroxylation is 2. The number of nitrogens with two attached hydrogens (primary N) is 1. The highest BCUT2D eigenvalue weighted by Gasteiger charge is 2.22. The van der Waals surface area contributed by atoms with Crippen molar-refractivity contribution in [3.05, 3.63) is 35.1 Å². The molecule has 0 radical (unpaired) electrons. The van der Waals surface area contributed by atoms with E-state index in [-0.39, 0.29) is 0 Å². The molecule has 0 spiro atoms. The van der Waals surface area contributed by atoms with Crippen molar-refractivity contribution in [1.82, 2.24) is 0 Å². The van der Waals surface area contributed by atoms with Crippen LogP contribution in [0.3, 0.4) is 0 Å². The minimum atomic E-state index is -1.10. The molecule has 0 saturated carbocycles. The van der Waals surface area contributed by atoms with Gasteiger partial charge in [0.05, 0.1) is 0 Å². The Morgan fingerprint density at radius 1 is 1.44 bits per heavy atom. The maximum Gasteiger partial charge on any atom is 0.328 e. The van der Waals surface area contributed by atoms with Gasteiger partial charge in [-0.25, -0.2) is 0 Å². The number of fused-ring (bicyclic) bond motifs is 1. The fraction of sp³-hybridized carbons (Fsp3) is 0.250. The van der Waals surface area contributed by atoms with Crippen molar-refractivity contribution < 1.29 is 14.3 Å². The molecule has 2 rings (SSSR count). The van der Waals surface area contributed by atoms with Crippen molar-refractivity contribution in [2.45, 2.75) is 19.9 Å². The van der Waals surface area contributed by atoms with E-state index in [1.807, 2.05) is 32.0 Å². The predicted molar refractivity (Wildman–Crippen MR) is 60.3 cm³/mol. The monoisotopic (exact) mass is 219 g/mol. The lowest BCUT2D eigenvalue weighted by atomic mass is 10.1. The fourth-order valence-corrected chi connectivity index (χ4v) is 1.76. The lowest BCUT2D eigenvalue weighted by Crippen LogP contribution is -2.20. The van der Waals surface area contributed by atoms with Gasteiger partial charge in [0.2, 0.25) is 0 Å². The Balaban J connectivity index is 2.64. The minimum absolute atomic E-state index is 0.327. The van der Waals surface area contributed by atoms with Gasteiger partial charge in [-0.3, -0.25) is 4.79 Å². The molecule has 4 nitrogen and oxygen atoms in total. The molecule has 0 bridgehead atoms. The van der Waals surface area contributed by atoms with E-state index in [2.05, 4.69) is 0 Å². The van der Waals surface area contributed by atoms with Crippen molar-refractivity contribution in [2.75, 3.05) is 0 Å². The molecule has 84 valence electrons. The second kappa shape index (κ2) is 3.64. The molecule has 1 heterocycles. The molecule has 2 aromatic rings. The number of carboxylic acids is 1. The molecule has 3 N–H and O–H groups in total. The van der Waals surface area contributed by atoms with Crippen molar-refractivity contribution >= 4 is 16.9 Å². The molecule has 0 aliphatic rings. The second-order valence-corrected chi connectivity index (χ2v) is 3.91. The third kappa shape index (κ3) is 1.57. The maximum atomic E-state index is 10.8. The zero-order valence-electron chi connectivity index (χ0n) is 9.15. The molecule has 0 amide bonds. The summed E-state index contributed by atoms with van der Waals surface area (Å²) in [6.07, 6.45) is 0. The Kier molecular flexibility index (Phi) is 2.44. The molecule has 16 heavy (non-hydrogen) atoms. The van der Waals surface area contributed by atoms with Crippen LogP contribution in [0, 0.1) is 13.8 Å². The normalized spacial score (nSPS) is 12.9. The Labute approximate surface area is 92.7 Å². The molecule has 1 unspecified atom stereocenters. The average Bonchev–Trinajstić information content (AvgIpc) is 2.54. The van der Waals surface area contributed by atoms with E-state index in [4.69, 9.17) is 15.3 Å². The van der Waals surface area contributed by atoms with Gasteiger partial charge in [0, 0.05) is 10.9 Å². The van der Waals surface area contributed by atoms with E-state index < -0.39 is 12.0 Å². The van der Waals surface area contributed by atoms with Crippen LogP contribution in [0.1, 0.15) is 22.9 Å². The largest absolute Gasteiger partial charge is 0.480 e. The molecule has 0 aliphatic carbocycles. The Morgan fingerprint density at radius 2 is 2.12 bits per heavy atom. The van der Waals surface area contributed by atoms with Gasteiger partial charge in [-0.15, -0.1) is 0 Å². The smallest absolute Gasteiger partial charge is 0.328 e. The maximum absolute atomic E-state index is 10.8. The zero-order chi connectivity index (χ0) is 11.9. The topological polar surface area (TPSA) is 76.5 Å². The van der Waals surface area contributed by atoms with Crippen LogP contribution in [-0.2, 0) is 4.79 Å². The quantitative estimate of drug-likeness (QED) is 0.811. The molecule has 1 aromatic heterocycles. The van der Waals surface area contributed by atoms with E-state index >= 15 is 0 Å². The Hall–Kier alpha value is -1.81. The standard InChI is InChI=1S/C12H13NO3/c1-6-3-4-8-7(2)11(10(13)12(14)15)16-9(8)5-6/h3-5,10H,13H2,1-2H3,(H,14,15). The molecular weight excluding hydrogens is 206 g/mol. The summed E-state index contributed by atoms with van der Waals surface area (Å²) in [6.45, 7) is 3.77. The van der Waals surface area contributed by atoms with E-state index in [9.17, 15) is 4.79 Å². The van der Waals surface area contributed by atoms with Gasteiger partial charge in [0.25, 0.3) is 0 Å². The third-order valence-electron chi connectivity index (χ3n) is 2.68. The summed E-state index contributed by atoms with van der Waals surface area (Å²) >= 11 is 0. The molecule has 0 saturated heterocycles. The summed E-state index contributed by atoms with van der Waals surface area (Å²) in [6, 6.07) is 4.65. The second-order valence-electron chi connectivity index (χ2n) is 3.91. The lowest BCUT2D eigenvalue weighted by molar-refractivity contribution is -0.139. The average molecular weight is 219 g/mol. The molecule has 0 aliphatic heterocycles. The van der Waals surface area contributed by atoms with Gasteiger partial charge in [-0.1, -0.05) is 12.1 Å². The summed E-state index contributed by atoms with van der Waals surface area (Å²) in [5, 5.41) is 9.77. The Bertz CT molecular complexity index is 557. The fourth-order valence-electron chi connectivity index (χ4n) is 1.76. The van der Waals surface area contributed by atoms with Crippen LogP contribution in [0.15, 0.2) is 22.6 Å². The van der Waals surface area contributed by atoms with Crippen LogP contribution in [0.5, 0.6) is 0 Å². The number of carboxylic acid groups (broad SMARTS) is 1. The van der Waals surface area contributed by atoms with E-state index in [0.717, 1.165) is 16.5 Å². The van der Waals surface area contributed by atoms with Crippen molar-refractivity contribution in [2.24, 2.45) is 5.73 Å². The molecular formula is C12H13NO3. The summed E-state index contributed by atoms with van der Waals surface area (Å²) in [5.41, 5.74) is 8.09. The van der Waals surface area contributed by atoms with Crippen LogP contribution in [0.25, 0.3) is 11.0 Å². The van der Waals surface area contributed by atoms with Gasteiger partial charge < -0.3 is 15.3 Å². The number of rotatable bonds is 2. The van der Waals surface area contributed by atoms with Crippen LogP contribution in [0.2, 0.25) is 0 Å². The third-order valence-corrected chi connectivity index (χ3v) is 2.68. The summed E-state index contributed by atoms with van der Waals surface area (Å²) in [7, 11) is 0. The summed E-state index contributed by atoms with van der Waals surface area (Å²) in [5.74, 6) is -0.757. The highest BCUT2D eigenvalue weighted by molar-refractivity contribution is 5.85. The van der Waals surface area contributed by atoms with Crippen molar-refractivity contribution in [3.63, 3.8) is 0 Å². The summed E-state index contributed by atoms with van der Waals surface area (Å²) in [4.78, 5) is 10.8. The van der Waals surface area contributed by atoms with E-state index in [0.29, 0.717) is 11.3 Å². The van der Waals surface area contributed by atoms with Crippen LogP contribution < -0.4 is 5.73 Å². The van der Waals surface area contributed by atoms with Crippen molar-refractivity contribution in [3.8, 4) is 0 Å². The highest BCUT2D eigenvalue weighted by atomic mass is 16.4. The van der Waals surface area contributed by atoms with E-state index in [1.54, 1.807) is 0 Å². The molecule has 4 heteroatoms. The lowest BCUT2D eigenvalue weighted by Gasteiger charge is -2.02. The van der Waals surface area contributed by atoms with Gasteiger partial charge in [0.1, 0.15) is 11.3 Å². The van der Waals surface area contributed by atoms with Gasteiger partial charge in [-0.05, 0) is 25.5 Å². The van der Waals surface area contributed by atoms with Crippen molar-refractivity contribution in [1.29, 1.82) is 0 Å². The summed E-state index contributed by atoms with van der Waals surface area (Å²) < 4.78 is 5.50. The number of furan rings is 1. The Morgan fingerprint density at radius 3 is 2.75 bits per heavy atom. The number of hydrogen-bond donors (Lipinski definition) is 2. The molecule has 0 fully saturated rings. The predicted octanol–water partition coefficient (Wildman–Crippen LogP) is 2.13. The van der Waals surface area contributed by atoms with E-state index in [1.165, 1.54) is 0 Å². The minimum Gasteiger partial charge on any atom is -0.480 e. The van der Waals surface area contributed by atoms with Crippen LogP contribution in [-0.4, -0.2) is 11.1 Å².